The van der Waals surface area contributed by atoms with Crippen LogP contribution in [0.1, 0.15) is 31.2 Å². The van der Waals surface area contributed by atoms with Gasteiger partial charge in [-0.1, -0.05) is 6.92 Å². The Morgan fingerprint density at radius 1 is 1.23 bits per heavy atom. The Kier molecular flexibility index (Phi) is 4.46. The second-order valence-corrected chi connectivity index (χ2v) is 5.52. The van der Waals surface area contributed by atoms with Crippen LogP contribution < -0.4 is 9.64 Å². The van der Waals surface area contributed by atoms with Crippen molar-refractivity contribution >= 4 is 5.82 Å². The lowest BCUT2D eigenvalue weighted by Gasteiger charge is -2.32. The Morgan fingerprint density at radius 2 is 2.05 bits per heavy atom. The lowest BCUT2D eigenvalue weighted by Crippen LogP contribution is -2.38. The summed E-state index contributed by atoms with van der Waals surface area (Å²) < 4.78 is 5.93. The molecule has 6 heteroatoms. The third kappa shape index (κ3) is 3.50. The maximum absolute atomic E-state index is 5.93. The van der Waals surface area contributed by atoms with Crippen molar-refractivity contribution in [2.24, 2.45) is 0 Å². The molecule has 0 radical (unpaired) electrons. The molecule has 0 spiro atoms. The summed E-state index contributed by atoms with van der Waals surface area (Å²) in [6, 6.07) is 2.08. The van der Waals surface area contributed by atoms with E-state index in [1.807, 2.05) is 6.92 Å². The molecule has 22 heavy (non-hydrogen) atoms. The molecule has 0 saturated carbocycles. The van der Waals surface area contributed by atoms with Crippen molar-refractivity contribution < 1.29 is 4.74 Å². The monoisotopic (exact) mass is 299 g/mol. The second kappa shape index (κ2) is 6.68. The van der Waals surface area contributed by atoms with E-state index in [0.29, 0.717) is 5.88 Å². The van der Waals surface area contributed by atoms with E-state index in [4.69, 9.17) is 4.74 Å². The van der Waals surface area contributed by atoms with Gasteiger partial charge in [-0.2, -0.15) is 0 Å². The van der Waals surface area contributed by atoms with Gasteiger partial charge in [0.05, 0.1) is 11.9 Å². The smallest absolute Gasteiger partial charge is 0.232 e. The molecule has 6 nitrogen and oxygen atoms in total. The first-order chi connectivity index (χ1) is 10.7. The minimum absolute atomic E-state index is 0.194. The molecule has 0 unspecified atom stereocenters. The summed E-state index contributed by atoms with van der Waals surface area (Å²) in [5.74, 6) is 1.63. The van der Waals surface area contributed by atoms with Gasteiger partial charge in [-0.25, -0.2) is 15.0 Å². The van der Waals surface area contributed by atoms with E-state index in [9.17, 15) is 0 Å². The Balaban J connectivity index is 1.58. The highest BCUT2D eigenvalue weighted by Crippen LogP contribution is 2.21. The lowest BCUT2D eigenvalue weighted by atomic mass is 10.1. The fourth-order valence-electron chi connectivity index (χ4n) is 2.62. The van der Waals surface area contributed by atoms with Crippen molar-refractivity contribution in [1.82, 2.24) is 19.9 Å². The van der Waals surface area contributed by atoms with Gasteiger partial charge in [0, 0.05) is 43.9 Å². The minimum atomic E-state index is 0.194. The predicted molar refractivity (Wildman–Crippen MR) is 84.0 cm³/mol. The molecular weight excluding hydrogens is 278 g/mol. The average molecular weight is 299 g/mol. The topological polar surface area (TPSA) is 64.0 Å². The zero-order valence-electron chi connectivity index (χ0n) is 13.1. The fourth-order valence-corrected chi connectivity index (χ4v) is 2.62. The van der Waals surface area contributed by atoms with E-state index in [1.54, 1.807) is 18.7 Å². The molecule has 2 aromatic heterocycles. The molecule has 0 bridgehead atoms. The van der Waals surface area contributed by atoms with Crippen LogP contribution in [0, 0.1) is 6.92 Å². The lowest BCUT2D eigenvalue weighted by molar-refractivity contribution is 0.163. The normalized spacial score (nSPS) is 15.8. The van der Waals surface area contributed by atoms with Crippen LogP contribution in [-0.2, 0) is 6.42 Å². The SMILES string of the molecule is CCc1cc(N2CCC(Oc3cncc(C)n3)CC2)ncn1. The number of hydrogen-bond acceptors (Lipinski definition) is 6. The maximum Gasteiger partial charge on any atom is 0.232 e. The van der Waals surface area contributed by atoms with Crippen molar-refractivity contribution in [3.63, 3.8) is 0 Å². The molecule has 1 fully saturated rings. The Hall–Kier alpha value is -2.24. The number of piperidine rings is 1. The molecule has 1 saturated heterocycles. The zero-order chi connectivity index (χ0) is 15.4. The molecule has 116 valence electrons. The Labute approximate surface area is 130 Å². The van der Waals surface area contributed by atoms with Crippen LogP contribution in [0.2, 0.25) is 0 Å². The van der Waals surface area contributed by atoms with E-state index in [-0.39, 0.29) is 6.10 Å². The van der Waals surface area contributed by atoms with Crippen molar-refractivity contribution in [2.75, 3.05) is 18.0 Å². The van der Waals surface area contributed by atoms with Crippen LogP contribution in [0.15, 0.2) is 24.8 Å². The Bertz CT molecular complexity index is 625. The number of aromatic nitrogens is 4. The number of ether oxygens (including phenoxy) is 1. The number of anilines is 1. The van der Waals surface area contributed by atoms with Crippen LogP contribution >= 0.6 is 0 Å². The summed E-state index contributed by atoms with van der Waals surface area (Å²) in [7, 11) is 0. The minimum Gasteiger partial charge on any atom is -0.473 e. The van der Waals surface area contributed by atoms with Crippen LogP contribution in [0.4, 0.5) is 5.82 Å². The maximum atomic E-state index is 5.93. The van der Waals surface area contributed by atoms with Crippen molar-refractivity contribution in [1.29, 1.82) is 0 Å². The zero-order valence-corrected chi connectivity index (χ0v) is 13.1. The number of nitrogens with zero attached hydrogens (tertiary/aromatic N) is 5. The van der Waals surface area contributed by atoms with Gasteiger partial charge in [-0.05, 0) is 13.3 Å². The largest absolute Gasteiger partial charge is 0.473 e. The van der Waals surface area contributed by atoms with Crippen LogP contribution in [0.5, 0.6) is 5.88 Å². The third-order valence-electron chi connectivity index (χ3n) is 3.86. The van der Waals surface area contributed by atoms with Crippen LogP contribution in [0.25, 0.3) is 0 Å². The summed E-state index contributed by atoms with van der Waals surface area (Å²) in [6.07, 6.45) is 8.11. The van der Waals surface area contributed by atoms with Gasteiger partial charge in [0.1, 0.15) is 18.2 Å². The molecule has 0 N–H and O–H groups in total. The second-order valence-electron chi connectivity index (χ2n) is 5.52. The number of hydrogen-bond donors (Lipinski definition) is 0. The van der Waals surface area contributed by atoms with Crippen molar-refractivity contribution in [2.45, 2.75) is 39.2 Å². The van der Waals surface area contributed by atoms with E-state index in [2.05, 4.69) is 37.8 Å². The summed E-state index contributed by atoms with van der Waals surface area (Å²) >= 11 is 0. The molecule has 0 aromatic carbocycles. The first kappa shape index (κ1) is 14.7. The molecular formula is C16H21N5O. The summed E-state index contributed by atoms with van der Waals surface area (Å²) in [4.78, 5) is 19.4. The third-order valence-corrected chi connectivity index (χ3v) is 3.86. The standard InChI is InChI=1S/C16H21N5O/c1-3-13-8-15(19-11-18-13)21-6-4-14(5-7-21)22-16-10-17-9-12(2)20-16/h8-11,14H,3-7H2,1-2H3. The molecule has 0 amide bonds. The molecule has 0 aliphatic carbocycles. The highest BCUT2D eigenvalue weighted by molar-refractivity contribution is 5.39. The first-order valence-corrected chi connectivity index (χ1v) is 7.75. The highest BCUT2D eigenvalue weighted by atomic mass is 16.5. The molecule has 1 aliphatic rings. The summed E-state index contributed by atoms with van der Waals surface area (Å²) in [6.45, 7) is 5.89. The van der Waals surface area contributed by atoms with E-state index in [1.165, 1.54) is 0 Å². The van der Waals surface area contributed by atoms with Crippen LogP contribution in [-0.4, -0.2) is 39.1 Å². The van der Waals surface area contributed by atoms with Crippen molar-refractivity contribution in [3.8, 4) is 5.88 Å². The average Bonchev–Trinajstić information content (AvgIpc) is 2.56. The molecule has 2 aromatic rings. The van der Waals surface area contributed by atoms with Gasteiger partial charge < -0.3 is 9.64 Å². The van der Waals surface area contributed by atoms with Gasteiger partial charge in [0.25, 0.3) is 0 Å². The van der Waals surface area contributed by atoms with Gasteiger partial charge >= 0.3 is 0 Å². The van der Waals surface area contributed by atoms with Gasteiger partial charge in [0.2, 0.25) is 5.88 Å². The van der Waals surface area contributed by atoms with Gasteiger partial charge in [-0.15, -0.1) is 0 Å². The molecule has 0 atom stereocenters. The highest BCUT2D eigenvalue weighted by Gasteiger charge is 2.22. The summed E-state index contributed by atoms with van der Waals surface area (Å²) in [5.41, 5.74) is 1.96. The van der Waals surface area contributed by atoms with E-state index in [0.717, 1.165) is 49.6 Å². The van der Waals surface area contributed by atoms with E-state index >= 15 is 0 Å². The Morgan fingerprint density at radius 3 is 2.77 bits per heavy atom. The number of rotatable bonds is 4. The summed E-state index contributed by atoms with van der Waals surface area (Å²) in [5, 5.41) is 0. The molecule has 3 rings (SSSR count). The number of aryl methyl sites for hydroxylation is 2. The predicted octanol–water partition coefficient (Wildman–Crippen LogP) is 2.19. The molecule has 1 aliphatic heterocycles. The van der Waals surface area contributed by atoms with E-state index < -0.39 is 0 Å². The quantitative estimate of drug-likeness (QED) is 0.862. The van der Waals surface area contributed by atoms with Gasteiger partial charge in [0.15, 0.2) is 0 Å². The molecule has 3 heterocycles. The fraction of sp³-hybridized carbons (Fsp3) is 0.500. The van der Waals surface area contributed by atoms with Crippen LogP contribution in [0.3, 0.4) is 0 Å². The van der Waals surface area contributed by atoms with Crippen molar-refractivity contribution in [3.05, 3.63) is 36.2 Å². The first-order valence-electron chi connectivity index (χ1n) is 7.75. The van der Waals surface area contributed by atoms with Gasteiger partial charge in [-0.3, -0.25) is 4.98 Å².